The quantitative estimate of drug-likeness (QED) is 0.910. The van der Waals surface area contributed by atoms with Crippen molar-refractivity contribution in [2.45, 2.75) is 38.7 Å². The fourth-order valence-electron chi connectivity index (χ4n) is 3.63. The Morgan fingerprint density at radius 1 is 1.04 bits per heavy atom. The summed E-state index contributed by atoms with van der Waals surface area (Å²) < 4.78 is 0. The number of hydrogen-bond acceptors (Lipinski definition) is 3. The van der Waals surface area contributed by atoms with Gasteiger partial charge in [0.2, 0.25) is 11.8 Å². The van der Waals surface area contributed by atoms with Crippen molar-refractivity contribution >= 4 is 11.8 Å². The van der Waals surface area contributed by atoms with E-state index in [9.17, 15) is 14.7 Å². The zero-order chi connectivity index (χ0) is 17.1. The van der Waals surface area contributed by atoms with Crippen molar-refractivity contribution in [1.82, 2.24) is 9.80 Å². The lowest BCUT2D eigenvalue weighted by Crippen LogP contribution is -2.52. The summed E-state index contributed by atoms with van der Waals surface area (Å²) in [7, 11) is 0. The van der Waals surface area contributed by atoms with Crippen molar-refractivity contribution in [1.29, 1.82) is 0 Å². The molecule has 1 saturated carbocycles. The Morgan fingerprint density at radius 3 is 2.25 bits per heavy atom. The van der Waals surface area contributed by atoms with E-state index in [1.54, 1.807) is 0 Å². The molecule has 0 bridgehead atoms. The molecule has 2 amide bonds. The highest BCUT2D eigenvalue weighted by molar-refractivity contribution is 5.81. The minimum atomic E-state index is -0.487. The molecule has 3 rings (SSSR count). The topological polar surface area (TPSA) is 60.9 Å². The molecule has 1 aliphatic carbocycles. The summed E-state index contributed by atoms with van der Waals surface area (Å²) in [5, 5.41) is 9.90. The van der Waals surface area contributed by atoms with Crippen LogP contribution in [0, 0.1) is 12.8 Å². The van der Waals surface area contributed by atoms with Crippen molar-refractivity contribution < 1.29 is 14.7 Å². The van der Waals surface area contributed by atoms with Gasteiger partial charge in [0.15, 0.2) is 0 Å². The largest absolute Gasteiger partial charge is 0.392 e. The second-order valence-electron chi connectivity index (χ2n) is 6.97. The first kappa shape index (κ1) is 17.0. The van der Waals surface area contributed by atoms with Crippen molar-refractivity contribution in [2.24, 2.45) is 5.92 Å². The lowest BCUT2D eigenvalue weighted by atomic mass is 10.0. The van der Waals surface area contributed by atoms with Gasteiger partial charge in [-0.2, -0.15) is 0 Å². The molecule has 24 heavy (non-hydrogen) atoms. The number of aliphatic hydroxyl groups excluding tert-OH is 1. The van der Waals surface area contributed by atoms with Crippen LogP contribution >= 0.6 is 0 Å². The number of aliphatic hydroxyl groups is 1. The Balaban J connectivity index is 1.50. The van der Waals surface area contributed by atoms with Crippen LogP contribution in [0.2, 0.25) is 0 Å². The fraction of sp³-hybridized carbons (Fsp3) is 0.579. The highest BCUT2D eigenvalue weighted by Gasteiger charge is 2.35. The van der Waals surface area contributed by atoms with E-state index in [2.05, 4.69) is 0 Å². The molecule has 1 N–H and O–H groups in total. The van der Waals surface area contributed by atoms with E-state index in [1.165, 1.54) is 5.56 Å². The highest BCUT2D eigenvalue weighted by atomic mass is 16.3. The second-order valence-corrected chi connectivity index (χ2v) is 6.97. The van der Waals surface area contributed by atoms with E-state index in [1.807, 2.05) is 41.0 Å². The molecule has 1 saturated heterocycles. The minimum absolute atomic E-state index is 0.0608. The molecule has 130 valence electrons. The molecular weight excluding hydrogens is 304 g/mol. The van der Waals surface area contributed by atoms with E-state index in [4.69, 9.17) is 0 Å². The number of piperazine rings is 1. The minimum Gasteiger partial charge on any atom is -0.392 e. The maximum Gasteiger partial charge on any atom is 0.228 e. The average Bonchev–Trinajstić information content (AvgIpc) is 3.02. The van der Waals surface area contributed by atoms with Crippen LogP contribution in [-0.2, 0) is 16.0 Å². The summed E-state index contributed by atoms with van der Waals surface area (Å²) in [6.45, 7) is 4.34. The average molecular weight is 330 g/mol. The number of hydrogen-bond donors (Lipinski definition) is 1. The van der Waals surface area contributed by atoms with E-state index in [0.29, 0.717) is 32.6 Å². The van der Waals surface area contributed by atoms with Crippen LogP contribution in [0.5, 0.6) is 0 Å². The van der Waals surface area contributed by atoms with Gasteiger partial charge in [-0.1, -0.05) is 29.8 Å². The third-order valence-corrected chi connectivity index (χ3v) is 5.22. The molecule has 5 nitrogen and oxygen atoms in total. The molecule has 2 unspecified atom stereocenters. The third kappa shape index (κ3) is 3.78. The molecule has 2 aliphatic rings. The predicted molar refractivity (Wildman–Crippen MR) is 91.4 cm³/mol. The summed E-state index contributed by atoms with van der Waals surface area (Å²) >= 11 is 0. The van der Waals surface area contributed by atoms with Crippen LogP contribution < -0.4 is 0 Å². The van der Waals surface area contributed by atoms with Crippen molar-refractivity contribution in [3.63, 3.8) is 0 Å². The molecule has 0 spiro atoms. The van der Waals surface area contributed by atoms with E-state index >= 15 is 0 Å². The van der Waals surface area contributed by atoms with Gasteiger partial charge in [-0.3, -0.25) is 9.59 Å². The van der Waals surface area contributed by atoms with E-state index in [-0.39, 0.29) is 17.7 Å². The summed E-state index contributed by atoms with van der Waals surface area (Å²) in [6, 6.07) is 8.03. The molecule has 0 aromatic heterocycles. The fourth-order valence-corrected chi connectivity index (χ4v) is 3.63. The Labute approximate surface area is 143 Å². The maximum atomic E-state index is 12.5. The molecule has 2 atom stereocenters. The number of nitrogens with zero attached hydrogens (tertiary/aromatic N) is 2. The normalized spacial score (nSPS) is 24.2. The zero-order valence-corrected chi connectivity index (χ0v) is 14.3. The summed E-state index contributed by atoms with van der Waals surface area (Å²) in [5.74, 6) is -0.0581. The van der Waals surface area contributed by atoms with E-state index in [0.717, 1.165) is 24.8 Å². The monoisotopic (exact) mass is 330 g/mol. The third-order valence-electron chi connectivity index (χ3n) is 5.22. The molecule has 1 heterocycles. The van der Waals surface area contributed by atoms with Crippen molar-refractivity contribution in [3.8, 4) is 0 Å². The highest BCUT2D eigenvalue weighted by Crippen LogP contribution is 2.27. The molecule has 2 fully saturated rings. The van der Waals surface area contributed by atoms with Gasteiger partial charge in [-0.05, 0) is 31.7 Å². The van der Waals surface area contributed by atoms with Gasteiger partial charge in [0, 0.05) is 26.2 Å². The lowest BCUT2D eigenvalue weighted by molar-refractivity contribution is -0.143. The van der Waals surface area contributed by atoms with Crippen LogP contribution in [0.25, 0.3) is 0 Å². The lowest BCUT2D eigenvalue weighted by Gasteiger charge is -2.36. The zero-order valence-electron chi connectivity index (χ0n) is 14.3. The number of aryl methyl sites for hydroxylation is 1. The number of carbonyl (C=O) groups excluding carboxylic acids is 2. The maximum absolute atomic E-state index is 12.5. The van der Waals surface area contributed by atoms with Gasteiger partial charge >= 0.3 is 0 Å². The Kier molecular flexibility index (Phi) is 5.19. The molecule has 0 radical (unpaired) electrons. The van der Waals surface area contributed by atoms with Crippen LogP contribution in [0.4, 0.5) is 0 Å². The first-order chi connectivity index (χ1) is 11.5. The predicted octanol–water partition coefficient (Wildman–Crippen LogP) is 1.37. The summed E-state index contributed by atoms with van der Waals surface area (Å²) in [6.07, 6.45) is 2.36. The second kappa shape index (κ2) is 7.34. The standard InChI is InChI=1S/C19H26N2O3/c1-14-5-7-15(8-6-14)13-18(23)20-9-11-21(12-10-20)19(24)16-3-2-4-17(16)22/h5-8,16-17,22H,2-4,9-13H2,1H3. The van der Waals surface area contributed by atoms with Crippen LogP contribution in [-0.4, -0.2) is 59.0 Å². The Morgan fingerprint density at radius 2 is 1.67 bits per heavy atom. The van der Waals surface area contributed by atoms with E-state index < -0.39 is 6.10 Å². The Hall–Kier alpha value is -1.88. The van der Waals surface area contributed by atoms with Gasteiger partial charge in [-0.15, -0.1) is 0 Å². The van der Waals surface area contributed by atoms with Gasteiger partial charge < -0.3 is 14.9 Å². The number of amides is 2. The number of rotatable bonds is 3. The SMILES string of the molecule is Cc1ccc(CC(=O)N2CCN(C(=O)C3CCCC3O)CC2)cc1. The van der Waals surface area contributed by atoms with Crippen LogP contribution in [0.3, 0.4) is 0 Å². The molecule has 5 heteroatoms. The first-order valence-electron chi connectivity index (χ1n) is 8.85. The van der Waals surface area contributed by atoms with Crippen LogP contribution in [0.1, 0.15) is 30.4 Å². The summed E-state index contributed by atoms with van der Waals surface area (Å²) in [5.41, 5.74) is 2.21. The molecular formula is C19H26N2O3. The Bertz CT molecular complexity index is 591. The van der Waals surface area contributed by atoms with Gasteiger partial charge in [0.25, 0.3) is 0 Å². The molecule has 1 aliphatic heterocycles. The van der Waals surface area contributed by atoms with Crippen LogP contribution in [0.15, 0.2) is 24.3 Å². The molecule has 1 aromatic carbocycles. The van der Waals surface area contributed by atoms with Gasteiger partial charge in [0.1, 0.15) is 0 Å². The number of carbonyl (C=O) groups is 2. The first-order valence-corrected chi connectivity index (χ1v) is 8.85. The molecule has 1 aromatic rings. The number of benzene rings is 1. The van der Waals surface area contributed by atoms with Crippen molar-refractivity contribution in [3.05, 3.63) is 35.4 Å². The van der Waals surface area contributed by atoms with Gasteiger partial charge in [0.05, 0.1) is 18.4 Å². The smallest absolute Gasteiger partial charge is 0.228 e. The van der Waals surface area contributed by atoms with Crippen molar-refractivity contribution in [2.75, 3.05) is 26.2 Å². The van der Waals surface area contributed by atoms with Gasteiger partial charge in [-0.25, -0.2) is 0 Å². The summed E-state index contributed by atoms with van der Waals surface area (Å²) in [4.78, 5) is 28.5.